The predicted octanol–water partition coefficient (Wildman–Crippen LogP) is 2.47. The van der Waals surface area contributed by atoms with Crippen LogP contribution < -0.4 is 0 Å². The Kier molecular flexibility index (Phi) is 5.91. The second kappa shape index (κ2) is 7.73. The van der Waals surface area contributed by atoms with Gasteiger partial charge in [-0.3, -0.25) is 9.78 Å². The molecule has 0 saturated carbocycles. The first-order valence-electron chi connectivity index (χ1n) is 8.56. The minimum Gasteiger partial charge on any atom is -0.447 e. The first-order chi connectivity index (χ1) is 11.3. The van der Waals surface area contributed by atoms with Crippen molar-refractivity contribution in [2.75, 3.05) is 13.1 Å². The zero-order valence-electron chi connectivity index (χ0n) is 15.2. The fourth-order valence-electron chi connectivity index (χ4n) is 3.17. The number of rotatable bonds is 4. The molecule has 0 spiro atoms. The van der Waals surface area contributed by atoms with Gasteiger partial charge < -0.3 is 9.64 Å². The van der Waals surface area contributed by atoms with Crippen LogP contribution in [-0.4, -0.2) is 45.9 Å². The van der Waals surface area contributed by atoms with Crippen LogP contribution in [0.4, 0.5) is 0 Å². The van der Waals surface area contributed by atoms with Crippen LogP contribution in [0.25, 0.3) is 0 Å². The van der Waals surface area contributed by atoms with Gasteiger partial charge in [-0.15, -0.1) is 0 Å². The van der Waals surface area contributed by atoms with Crippen LogP contribution >= 0.6 is 0 Å². The molecular weight excluding hydrogens is 306 g/mol. The minimum absolute atomic E-state index is 0.104. The zero-order chi connectivity index (χ0) is 17.9. The lowest BCUT2D eigenvalue weighted by Gasteiger charge is -2.37. The summed E-state index contributed by atoms with van der Waals surface area (Å²) in [5, 5.41) is 0. The highest BCUT2D eigenvalue weighted by molar-refractivity contribution is 5.90. The van der Waals surface area contributed by atoms with Gasteiger partial charge in [-0.2, -0.15) is 0 Å². The highest BCUT2D eigenvalue weighted by atomic mass is 16.5. The number of likely N-dealkylation sites (tertiary alicyclic amines) is 1. The summed E-state index contributed by atoms with van der Waals surface area (Å²) in [6, 6.07) is 0. The molecule has 3 atom stereocenters. The number of nitrogens with zero attached hydrogens (tertiary/aromatic N) is 3. The van der Waals surface area contributed by atoms with Gasteiger partial charge in [0.1, 0.15) is 0 Å². The number of carbonyl (C=O) groups is 2. The number of aryl methyl sites for hydroxylation is 1. The van der Waals surface area contributed by atoms with Gasteiger partial charge in [0.15, 0.2) is 11.8 Å². The lowest BCUT2D eigenvalue weighted by molar-refractivity contribution is -0.145. The van der Waals surface area contributed by atoms with Crippen LogP contribution in [0.5, 0.6) is 0 Å². The molecule has 1 amide bonds. The van der Waals surface area contributed by atoms with Crippen molar-refractivity contribution in [3.05, 3.63) is 23.8 Å². The second-order valence-electron chi connectivity index (χ2n) is 7.30. The third-order valence-electron chi connectivity index (χ3n) is 4.25. The maximum Gasteiger partial charge on any atom is 0.359 e. The van der Waals surface area contributed by atoms with E-state index in [1.165, 1.54) is 12.4 Å². The largest absolute Gasteiger partial charge is 0.447 e. The number of ether oxygens (including phenoxy) is 1. The standard InChI is InChI=1S/C18H27N3O3/c1-11(2)16(17(22)21-9-12(3)6-13(4)10-21)24-18(23)15-8-19-14(5)7-20-15/h7-8,11-13,16H,6,9-10H2,1-5H3/t12-,13+,16-/m0/s1. The van der Waals surface area contributed by atoms with Gasteiger partial charge in [-0.25, -0.2) is 9.78 Å². The van der Waals surface area contributed by atoms with Gasteiger partial charge in [0.2, 0.25) is 0 Å². The average molecular weight is 333 g/mol. The second-order valence-corrected chi connectivity index (χ2v) is 7.30. The van der Waals surface area contributed by atoms with Crippen molar-refractivity contribution in [3.63, 3.8) is 0 Å². The Morgan fingerprint density at radius 1 is 1.17 bits per heavy atom. The summed E-state index contributed by atoms with van der Waals surface area (Å²) in [6.45, 7) is 11.3. The molecule has 24 heavy (non-hydrogen) atoms. The number of esters is 1. The maximum atomic E-state index is 12.9. The van der Waals surface area contributed by atoms with E-state index in [0.29, 0.717) is 24.9 Å². The molecule has 1 aliphatic rings. The molecule has 2 heterocycles. The molecule has 0 aliphatic carbocycles. The van der Waals surface area contributed by atoms with E-state index < -0.39 is 12.1 Å². The molecule has 0 bridgehead atoms. The molecule has 1 aromatic heterocycles. The Hall–Kier alpha value is -1.98. The smallest absolute Gasteiger partial charge is 0.359 e. The molecule has 1 saturated heterocycles. The molecule has 0 N–H and O–H groups in total. The SMILES string of the molecule is Cc1cnc(C(=O)O[C@H](C(=O)N2C[C@H](C)C[C@H](C)C2)C(C)C)cn1. The number of hydrogen-bond donors (Lipinski definition) is 0. The molecule has 1 fully saturated rings. The fourth-order valence-corrected chi connectivity index (χ4v) is 3.17. The summed E-state index contributed by atoms with van der Waals surface area (Å²) in [7, 11) is 0. The molecular formula is C18H27N3O3. The van der Waals surface area contributed by atoms with Crippen LogP contribution in [0.3, 0.4) is 0 Å². The molecule has 6 heteroatoms. The van der Waals surface area contributed by atoms with Crippen LogP contribution in [0, 0.1) is 24.7 Å². The summed E-state index contributed by atoms with van der Waals surface area (Å²) < 4.78 is 5.49. The van der Waals surface area contributed by atoms with Gasteiger partial charge in [0.05, 0.1) is 11.9 Å². The fraction of sp³-hybridized carbons (Fsp3) is 0.667. The Balaban J connectivity index is 2.09. The highest BCUT2D eigenvalue weighted by Gasteiger charge is 2.34. The van der Waals surface area contributed by atoms with Crippen LogP contribution in [-0.2, 0) is 9.53 Å². The summed E-state index contributed by atoms with van der Waals surface area (Å²) in [4.78, 5) is 35.1. The number of aromatic nitrogens is 2. The van der Waals surface area contributed by atoms with E-state index in [-0.39, 0.29) is 17.5 Å². The molecule has 0 unspecified atom stereocenters. The van der Waals surface area contributed by atoms with Crippen molar-refractivity contribution in [2.24, 2.45) is 17.8 Å². The molecule has 2 rings (SSSR count). The monoisotopic (exact) mass is 333 g/mol. The van der Waals surface area contributed by atoms with Crippen LogP contribution in [0.15, 0.2) is 12.4 Å². The lowest BCUT2D eigenvalue weighted by atomic mass is 9.91. The molecule has 1 aliphatic heterocycles. The Bertz CT molecular complexity index is 576. The number of amides is 1. The summed E-state index contributed by atoms with van der Waals surface area (Å²) >= 11 is 0. The van der Waals surface area contributed by atoms with Crippen LogP contribution in [0.1, 0.15) is 50.3 Å². The lowest BCUT2D eigenvalue weighted by Crippen LogP contribution is -2.49. The third kappa shape index (κ3) is 4.52. The van der Waals surface area contributed by atoms with Gasteiger partial charge >= 0.3 is 5.97 Å². The summed E-state index contributed by atoms with van der Waals surface area (Å²) in [6.07, 6.45) is 3.22. The summed E-state index contributed by atoms with van der Waals surface area (Å²) in [5.41, 5.74) is 0.846. The Morgan fingerprint density at radius 3 is 2.29 bits per heavy atom. The molecule has 6 nitrogen and oxygen atoms in total. The van der Waals surface area contributed by atoms with E-state index in [4.69, 9.17) is 4.74 Å². The zero-order valence-corrected chi connectivity index (χ0v) is 15.2. The van der Waals surface area contributed by atoms with Crippen molar-refractivity contribution in [1.82, 2.24) is 14.9 Å². The summed E-state index contributed by atoms with van der Waals surface area (Å²) in [5.74, 6) is 0.102. The van der Waals surface area contributed by atoms with Crippen molar-refractivity contribution in [2.45, 2.75) is 47.1 Å². The van der Waals surface area contributed by atoms with E-state index in [1.54, 1.807) is 6.92 Å². The van der Waals surface area contributed by atoms with Crippen molar-refractivity contribution < 1.29 is 14.3 Å². The van der Waals surface area contributed by atoms with Crippen molar-refractivity contribution >= 4 is 11.9 Å². The molecule has 132 valence electrons. The van der Waals surface area contributed by atoms with E-state index in [2.05, 4.69) is 23.8 Å². The number of piperidine rings is 1. The van der Waals surface area contributed by atoms with Gasteiger partial charge in [-0.1, -0.05) is 27.7 Å². The highest BCUT2D eigenvalue weighted by Crippen LogP contribution is 2.23. The first kappa shape index (κ1) is 18.4. The molecule has 1 aromatic rings. The van der Waals surface area contributed by atoms with E-state index in [9.17, 15) is 9.59 Å². The third-order valence-corrected chi connectivity index (χ3v) is 4.25. The minimum atomic E-state index is -0.793. The maximum absolute atomic E-state index is 12.9. The molecule has 0 aromatic carbocycles. The van der Waals surface area contributed by atoms with E-state index >= 15 is 0 Å². The molecule has 0 radical (unpaired) electrons. The van der Waals surface area contributed by atoms with Crippen LogP contribution in [0.2, 0.25) is 0 Å². The van der Waals surface area contributed by atoms with E-state index in [1.807, 2.05) is 18.7 Å². The quantitative estimate of drug-likeness (QED) is 0.792. The van der Waals surface area contributed by atoms with Gasteiger partial charge in [0, 0.05) is 19.3 Å². The number of hydrogen-bond acceptors (Lipinski definition) is 5. The van der Waals surface area contributed by atoms with E-state index in [0.717, 1.165) is 12.1 Å². The topological polar surface area (TPSA) is 72.4 Å². The number of carbonyl (C=O) groups excluding carboxylic acids is 2. The van der Waals surface area contributed by atoms with Gasteiger partial charge in [-0.05, 0) is 31.1 Å². The average Bonchev–Trinajstić information content (AvgIpc) is 2.51. The van der Waals surface area contributed by atoms with Gasteiger partial charge in [0.25, 0.3) is 5.91 Å². The normalized spacial score (nSPS) is 22.3. The Morgan fingerprint density at radius 2 is 1.79 bits per heavy atom. The van der Waals surface area contributed by atoms with Crippen molar-refractivity contribution in [1.29, 1.82) is 0 Å². The van der Waals surface area contributed by atoms with Crippen molar-refractivity contribution in [3.8, 4) is 0 Å². The first-order valence-corrected chi connectivity index (χ1v) is 8.56. The predicted molar refractivity (Wildman–Crippen MR) is 90.3 cm³/mol. The Labute approximate surface area is 143 Å².